The quantitative estimate of drug-likeness (QED) is 0.403. The van der Waals surface area contributed by atoms with Gasteiger partial charge in [0.25, 0.3) is 0 Å². The van der Waals surface area contributed by atoms with Crippen LogP contribution in [0.2, 0.25) is 0 Å². The normalized spacial score (nSPS) is 11.3. The van der Waals surface area contributed by atoms with E-state index in [1.165, 1.54) is 0 Å². The average Bonchev–Trinajstić information content (AvgIpc) is 2.73. The van der Waals surface area contributed by atoms with Crippen molar-refractivity contribution in [1.82, 2.24) is 21.3 Å². The van der Waals surface area contributed by atoms with Gasteiger partial charge < -0.3 is 21.3 Å². The Hall–Kier alpha value is -3.54. The molecule has 0 fully saturated rings. The highest BCUT2D eigenvalue weighted by molar-refractivity contribution is 5.78. The first kappa shape index (κ1) is 25.7. The zero-order valence-electron chi connectivity index (χ0n) is 20.6. The van der Waals surface area contributed by atoms with E-state index >= 15 is 0 Å². The van der Waals surface area contributed by atoms with Gasteiger partial charge in [0, 0.05) is 0 Å². The van der Waals surface area contributed by atoms with E-state index in [0.717, 1.165) is 33.4 Å². The molecule has 0 spiro atoms. The summed E-state index contributed by atoms with van der Waals surface area (Å²) in [4.78, 5) is 24.8. The fraction of sp³-hybridized carbons (Fsp3) is 0.333. The van der Waals surface area contributed by atoms with E-state index in [1.807, 2.05) is 90.1 Å². The summed E-state index contributed by atoms with van der Waals surface area (Å²) < 4.78 is 0. The van der Waals surface area contributed by atoms with E-state index < -0.39 is 11.1 Å². The van der Waals surface area contributed by atoms with Crippen molar-refractivity contribution in [2.75, 3.05) is 6.67 Å². The molecule has 0 aromatic heterocycles. The van der Waals surface area contributed by atoms with Crippen molar-refractivity contribution in [3.8, 4) is 0 Å². The summed E-state index contributed by atoms with van der Waals surface area (Å²) in [5.74, 6) is 0. The number of nitrogens with one attached hydrogen (secondary N) is 4. The standard InChI is InChI=1S/C27H36N4O2/c1-18(2)20-11-9-13-22(15-20)26(5,6)30-24(32)28-17-29-25(33)31-27(7,8)23-14-10-12-21(16-23)19(3)4/h9-16H,1,3,17H2,2,4-8H3,(H2,28,30,32)(H2,29,31,33). The lowest BCUT2D eigenvalue weighted by molar-refractivity contribution is 0.223. The molecule has 0 heterocycles. The highest BCUT2D eigenvalue weighted by Crippen LogP contribution is 2.24. The van der Waals surface area contributed by atoms with Gasteiger partial charge in [0.15, 0.2) is 0 Å². The second-order valence-electron chi connectivity index (χ2n) is 9.41. The highest BCUT2D eigenvalue weighted by Gasteiger charge is 2.24. The van der Waals surface area contributed by atoms with Crippen LogP contribution in [-0.2, 0) is 11.1 Å². The Morgan fingerprint density at radius 2 is 1.09 bits per heavy atom. The number of benzene rings is 2. The topological polar surface area (TPSA) is 82.3 Å². The van der Waals surface area contributed by atoms with Crippen molar-refractivity contribution in [3.05, 3.63) is 83.9 Å². The van der Waals surface area contributed by atoms with Crippen molar-refractivity contribution in [2.45, 2.75) is 52.6 Å². The van der Waals surface area contributed by atoms with Gasteiger partial charge in [-0.3, -0.25) is 0 Å². The van der Waals surface area contributed by atoms with Crippen molar-refractivity contribution in [3.63, 3.8) is 0 Å². The fourth-order valence-electron chi connectivity index (χ4n) is 3.35. The lowest BCUT2D eigenvalue weighted by Crippen LogP contribution is -2.52. The summed E-state index contributed by atoms with van der Waals surface area (Å²) in [6, 6.07) is 15.1. The molecule has 0 atom stereocenters. The molecule has 2 aromatic carbocycles. The third kappa shape index (κ3) is 7.24. The molecule has 33 heavy (non-hydrogen) atoms. The molecule has 176 valence electrons. The molecule has 0 saturated carbocycles. The molecule has 0 aliphatic carbocycles. The fourth-order valence-corrected chi connectivity index (χ4v) is 3.35. The van der Waals surface area contributed by atoms with Crippen LogP contribution in [0.15, 0.2) is 61.7 Å². The summed E-state index contributed by atoms with van der Waals surface area (Å²) in [5.41, 5.74) is 4.69. The van der Waals surface area contributed by atoms with Gasteiger partial charge in [-0.05, 0) is 75.9 Å². The molecule has 4 amide bonds. The summed E-state index contributed by atoms with van der Waals surface area (Å²) in [6.45, 7) is 19.5. The Bertz CT molecular complexity index is 970. The maximum atomic E-state index is 12.4. The zero-order valence-corrected chi connectivity index (χ0v) is 20.6. The Labute approximate surface area is 197 Å². The lowest BCUT2D eigenvalue weighted by Gasteiger charge is -2.28. The van der Waals surface area contributed by atoms with Crippen LogP contribution in [0, 0.1) is 0 Å². The number of carbonyl (C=O) groups is 2. The maximum Gasteiger partial charge on any atom is 0.316 e. The molecule has 2 rings (SSSR count). The SMILES string of the molecule is C=C(C)c1cccc(C(C)(C)NC(=O)NCNC(=O)NC(C)(C)c2cccc(C(=C)C)c2)c1. The van der Waals surface area contributed by atoms with Crippen molar-refractivity contribution < 1.29 is 9.59 Å². The number of rotatable bonds is 8. The van der Waals surface area contributed by atoms with E-state index in [2.05, 4.69) is 34.4 Å². The molecule has 6 heteroatoms. The zero-order chi connectivity index (χ0) is 24.8. The Morgan fingerprint density at radius 3 is 1.42 bits per heavy atom. The smallest absolute Gasteiger partial charge is 0.316 e. The van der Waals surface area contributed by atoms with Crippen LogP contribution in [0.4, 0.5) is 9.59 Å². The van der Waals surface area contributed by atoms with Crippen molar-refractivity contribution >= 4 is 23.2 Å². The molecular weight excluding hydrogens is 412 g/mol. The first-order valence-electron chi connectivity index (χ1n) is 11.0. The average molecular weight is 449 g/mol. The molecule has 0 aliphatic heterocycles. The van der Waals surface area contributed by atoms with E-state index in [0.29, 0.717) is 0 Å². The molecule has 0 bridgehead atoms. The lowest BCUT2D eigenvalue weighted by atomic mass is 9.92. The van der Waals surface area contributed by atoms with Gasteiger partial charge in [0.1, 0.15) is 0 Å². The number of carbonyl (C=O) groups excluding carboxylic acids is 2. The van der Waals surface area contributed by atoms with Crippen LogP contribution in [-0.4, -0.2) is 18.7 Å². The van der Waals surface area contributed by atoms with Crippen LogP contribution < -0.4 is 21.3 Å². The molecular formula is C27H36N4O2. The summed E-state index contributed by atoms with van der Waals surface area (Å²) in [6.07, 6.45) is 0. The first-order chi connectivity index (χ1) is 15.3. The van der Waals surface area contributed by atoms with Gasteiger partial charge in [-0.1, -0.05) is 60.7 Å². The van der Waals surface area contributed by atoms with E-state index in [4.69, 9.17) is 0 Å². The third-order valence-corrected chi connectivity index (χ3v) is 5.50. The van der Waals surface area contributed by atoms with Crippen LogP contribution in [0.5, 0.6) is 0 Å². The second-order valence-corrected chi connectivity index (χ2v) is 9.41. The van der Waals surface area contributed by atoms with Gasteiger partial charge in [0.05, 0.1) is 17.7 Å². The molecule has 0 unspecified atom stereocenters. The molecule has 0 aliphatic rings. The molecule has 0 saturated heterocycles. The van der Waals surface area contributed by atoms with E-state index in [1.54, 1.807) is 0 Å². The molecule has 0 radical (unpaired) electrons. The second kappa shape index (κ2) is 10.4. The first-order valence-corrected chi connectivity index (χ1v) is 11.0. The summed E-state index contributed by atoms with van der Waals surface area (Å²) >= 11 is 0. The minimum absolute atomic E-state index is 0.0125. The van der Waals surface area contributed by atoms with Gasteiger partial charge in [0.2, 0.25) is 0 Å². The largest absolute Gasteiger partial charge is 0.329 e. The number of hydrogen-bond donors (Lipinski definition) is 4. The number of amides is 4. The van der Waals surface area contributed by atoms with Gasteiger partial charge in [-0.15, -0.1) is 0 Å². The van der Waals surface area contributed by atoms with Crippen LogP contribution in [0.1, 0.15) is 63.8 Å². The Kier molecular flexibility index (Phi) is 8.09. The summed E-state index contributed by atoms with van der Waals surface area (Å²) in [7, 11) is 0. The van der Waals surface area contributed by atoms with Gasteiger partial charge in [-0.2, -0.15) is 0 Å². The van der Waals surface area contributed by atoms with Gasteiger partial charge >= 0.3 is 12.1 Å². The van der Waals surface area contributed by atoms with Crippen molar-refractivity contribution in [2.24, 2.45) is 0 Å². The van der Waals surface area contributed by atoms with Crippen LogP contribution in [0.25, 0.3) is 11.1 Å². The maximum absolute atomic E-state index is 12.4. The molecule has 2 aromatic rings. The third-order valence-electron chi connectivity index (χ3n) is 5.50. The number of hydrogen-bond acceptors (Lipinski definition) is 2. The Morgan fingerprint density at radius 1 is 0.727 bits per heavy atom. The van der Waals surface area contributed by atoms with Crippen LogP contribution >= 0.6 is 0 Å². The number of urea groups is 2. The van der Waals surface area contributed by atoms with Crippen molar-refractivity contribution in [1.29, 1.82) is 0 Å². The molecule has 6 nitrogen and oxygen atoms in total. The van der Waals surface area contributed by atoms with Gasteiger partial charge in [-0.25, -0.2) is 9.59 Å². The van der Waals surface area contributed by atoms with Crippen LogP contribution in [0.3, 0.4) is 0 Å². The predicted molar refractivity (Wildman–Crippen MR) is 137 cm³/mol. The highest BCUT2D eigenvalue weighted by atomic mass is 16.2. The summed E-state index contributed by atoms with van der Waals surface area (Å²) in [5, 5.41) is 11.2. The van der Waals surface area contributed by atoms with E-state index in [-0.39, 0.29) is 18.7 Å². The monoisotopic (exact) mass is 448 g/mol. The minimum Gasteiger partial charge on any atom is -0.329 e. The predicted octanol–water partition coefficient (Wildman–Crippen LogP) is 5.48. The minimum atomic E-state index is -0.603. The molecule has 4 N–H and O–H groups in total. The Balaban J connectivity index is 1.89. The van der Waals surface area contributed by atoms with E-state index in [9.17, 15) is 9.59 Å². The number of allylic oxidation sites excluding steroid dienone is 2.